The van der Waals surface area contributed by atoms with E-state index in [1.807, 2.05) is 38.1 Å². The van der Waals surface area contributed by atoms with Crippen LogP contribution in [0, 0.1) is 0 Å². The van der Waals surface area contributed by atoms with Crippen LogP contribution < -0.4 is 4.74 Å². The predicted molar refractivity (Wildman–Crippen MR) is 92.4 cm³/mol. The van der Waals surface area contributed by atoms with Crippen molar-refractivity contribution in [2.45, 2.75) is 52.4 Å². The molecule has 0 unspecified atom stereocenters. The molecule has 0 saturated carbocycles. The lowest BCUT2D eigenvalue weighted by Crippen LogP contribution is -2.11. The molecule has 0 radical (unpaired) electrons. The quantitative estimate of drug-likeness (QED) is 0.520. The first-order valence-corrected chi connectivity index (χ1v) is 8.46. The first-order chi connectivity index (χ1) is 11.0. The Labute approximate surface area is 142 Å². The van der Waals surface area contributed by atoms with Crippen molar-refractivity contribution in [1.29, 1.82) is 0 Å². The monoisotopic (exact) mass is 334 g/mol. The number of carbonyl (C=O) groups excluding carboxylic acids is 1. The summed E-state index contributed by atoms with van der Waals surface area (Å²) in [7, 11) is 0. The van der Waals surface area contributed by atoms with Gasteiger partial charge in [0.1, 0.15) is 0 Å². The standard InChI is InChI=1S/C18H23ClN2O2/c1-4-5-6-11-18(22)23-17-12-15(13(2)3)20-21(17)16-10-8-7-9-14(16)19/h7-10,12-13H,4-6,11H2,1-3H3. The van der Waals surface area contributed by atoms with Crippen LogP contribution in [0.5, 0.6) is 5.88 Å². The van der Waals surface area contributed by atoms with E-state index in [0.717, 1.165) is 25.0 Å². The van der Waals surface area contributed by atoms with Crippen LogP contribution in [0.2, 0.25) is 5.02 Å². The van der Waals surface area contributed by atoms with Crippen molar-refractivity contribution >= 4 is 17.6 Å². The van der Waals surface area contributed by atoms with Crippen LogP contribution >= 0.6 is 11.6 Å². The van der Waals surface area contributed by atoms with Crippen molar-refractivity contribution in [2.75, 3.05) is 0 Å². The Morgan fingerprint density at radius 2 is 2.04 bits per heavy atom. The smallest absolute Gasteiger partial charge is 0.312 e. The van der Waals surface area contributed by atoms with Crippen molar-refractivity contribution < 1.29 is 9.53 Å². The van der Waals surface area contributed by atoms with Crippen LogP contribution in [0.3, 0.4) is 0 Å². The maximum Gasteiger partial charge on any atom is 0.312 e. The number of carbonyl (C=O) groups is 1. The zero-order valence-corrected chi connectivity index (χ0v) is 14.6. The van der Waals surface area contributed by atoms with Gasteiger partial charge in [-0.2, -0.15) is 9.78 Å². The highest BCUT2D eigenvalue weighted by molar-refractivity contribution is 6.32. The third kappa shape index (κ3) is 4.58. The summed E-state index contributed by atoms with van der Waals surface area (Å²) >= 11 is 6.26. The minimum atomic E-state index is -0.234. The summed E-state index contributed by atoms with van der Waals surface area (Å²) in [6, 6.07) is 9.19. The lowest BCUT2D eigenvalue weighted by molar-refractivity contribution is -0.134. The second-order valence-electron chi connectivity index (χ2n) is 5.86. The number of para-hydroxylation sites is 1. The number of esters is 1. The molecule has 0 atom stereocenters. The molecule has 0 aliphatic heterocycles. The third-order valence-electron chi connectivity index (χ3n) is 3.57. The van der Waals surface area contributed by atoms with E-state index in [4.69, 9.17) is 16.3 Å². The van der Waals surface area contributed by atoms with Gasteiger partial charge in [0, 0.05) is 12.5 Å². The lowest BCUT2D eigenvalue weighted by atomic mass is 10.1. The van der Waals surface area contributed by atoms with E-state index in [0.29, 0.717) is 23.0 Å². The molecule has 0 aliphatic carbocycles. The Bertz CT molecular complexity index is 665. The van der Waals surface area contributed by atoms with Gasteiger partial charge < -0.3 is 4.74 Å². The first-order valence-electron chi connectivity index (χ1n) is 8.08. The number of unbranched alkanes of at least 4 members (excludes halogenated alkanes) is 2. The molecular weight excluding hydrogens is 312 g/mol. The maximum atomic E-state index is 12.0. The number of aromatic nitrogens is 2. The Morgan fingerprint density at radius 1 is 1.30 bits per heavy atom. The first kappa shape index (κ1) is 17.5. The van der Waals surface area contributed by atoms with Gasteiger partial charge in [-0.25, -0.2) is 0 Å². The Morgan fingerprint density at radius 3 is 2.70 bits per heavy atom. The van der Waals surface area contributed by atoms with Gasteiger partial charge in [0.2, 0.25) is 5.88 Å². The zero-order valence-electron chi connectivity index (χ0n) is 13.9. The van der Waals surface area contributed by atoms with Crippen LogP contribution in [-0.2, 0) is 4.79 Å². The second-order valence-corrected chi connectivity index (χ2v) is 6.26. The molecule has 1 aromatic carbocycles. The predicted octanol–water partition coefficient (Wildman–Crippen LogP) is 5.13. The molecule has 0 fully saturated rings. The molecule has 0 amide bonds. The van der Waals surface area contributed by atoms with Crippen LogP contribution in [0.15, 0.2) is 30.3 Å². The van der Waals surface area contributed by atoms with Crippen molar-refractivity contribution in [3.05, 3.63) is 41.0 Å². The third-order valence-corrected chi connectivity index (χ3v) is 3.89. The van der Waals surface area contributed by atoms with Gasteiger partial charge in [0.25, 0.3) is 0 Å². The number of nitrogens with zero attached hydrogens (tertiary/aromatic N) is 2. The Balaban J connectivity index is 2.27. The second kappa shape index (κ2) is 8.16. The van der Waals surface area contributed by atoms with Gasteiger partial charge in [-0.1, -0.05) is 57.3 Å². The van der Waals surface area contributed by atoms with Gasteiger partial charge in [-0.15, -0.1) is 0 Å². The minimum absolute atomic E-state index is 0.233. The van der Waals surface area contributed by atoms with Gasteiger partial charge in [0.05, 0.1) is 16.4 Å². The van der Waals surface area contributed by atoms with E-state index in [2.05, 4.69) is 12.0 Å². The molecule has 0 aliphatic rings. The van der Waals surface area contributed by atoms with Crippen molar-refractivity contribution in [1.82, 2.24) is 9.78 Å². The van der Waals surface area contributed by atoms with Crippen molar-refractivity contribution in [3.63, 3.8) is 0 Å². The fraction of sp³-hybridized carbons (Fsp3) is 0.444. The van der Waals surface area contributed by atoms with Gasteiger partial charge in [0.15, 0.2) is 0 Å². The molecule has 0 spiro atoms. The fourth-order valence-electron chi connectivity index (χ4n) is 2.22. The molecule has 4 nitrogen and oxygen atoms in total. The molecule has 5 heteroatoms. The number of ether oxygens (including phenoxy) is 1. The van der Waals surface area contributed by atoms with E-state index in [1.165, 1.54) is 0 Å². The fourth-order valence-corrected chi connectivity index (χ4v) is 2.43. The van der Waals surface area contributed by atoms with E-state index >= 15 is 0 Å². The summed E-state index contributed by atoms with van der Waals surface area (Å²) in [5, 5.41) is 5.11. The van der Waals surface area contributed by atoms with E-state index in [1.54, 1.807) is 10.7 Å². The molecule has 0 saturated heterocycles. The number of hydrogen-bond acceptors (Lipinski definition) is 3. The number of benzene rings is 1. The minimum Gasteiger partial charge on any atom is -0.407 e. The highest BCUT2D eigenvalue weighted by Crippen LogP contribution is 2.28. The summed E-state index contributed by atoms with van der Waals surface area (Å²) in [6.45, 7) is 6.20. The zero-order chi connectivity index (χ0) is 16.8. The van der Waals surface area contributed by atoms with Crippen LogP contribution in [-0.4, -0.2) is 15.7 Å². The SMILES string of the molecule is CCCCCC(=O)Oc1cc(C(C)C)nn1-c1ccccc1Cl. The Kier molecular flexibility index (Phi) is 6.22. The average Bonchev–Trinajstić information content (AvgIpc) is 2.92. The molecule has 23 heavy (non-hydrogen) atoms. The van der Waals surface area contributed by atoms with Gasteiger partial charge >= 0.3 is 5.97 Å². The molecule has 1 aromatic heterocycles. The van der Waals surface area contributed by atoms with Crippen molar-refractivity contribution in [2.24, 2.45) is 0 Å². The van der Waals surface area contributed by atoms with E-state index < -0.39 is 0 Å². The summed E-state index contributed by atoms with van der Waals surface area (Å²) in [5.74, 6) is 0.418. The summed E-state index contributed by atoms with van der Waals surface area (Å²) in [6.07, 6.45) is 3.35. The molecule has 2 rings (SSSR count). The largest absolute Gasteiger partial charge is 0.407 e. The van der Waals surface area contributed by atoms with Crippen molar-refractivity contribution in [3.8, 4) is 11.6 Å². The highest BCUT2D eigenvalue weighted by atomic mass is 35.5. The molecular formula is C18H23ClN2O2. The van der Waals surface area contributed by atoms with Gasteiger partial charge in [-0.3, -0.25) is 4.79 Å². The van der Waals surface area contributed by atoms with Crippen LogP contribution in [0.1, 0.15) is 58.1 Å². The summed E-state index contributed by atoms with van der Waals surface area (Å²) in [4.78, 5) is 12.0. The topological polar surface area (TPSA) is 44.1 Å². The summed E-state index contributed by atoms with van der Waals surface area (Å²) in [5.41, 5.74) is 1.57. The average molecular weight is 335 g/mol. The Hall–Kier alpha value is -1.81. The molecule has 0 bridgehead atoms. The molecule has 1 heterocycles. The normalized spacial score (nSPS) is 11.0. The molecule has 2 aromatic rings. The number of hydrogen-bond donors (Lipinski definition) is 0. The van der Waals surface area contributed by atoms with E-state index in [-0.39, 0.29) is 11.9 Å². The maximum absolute atomic E-state index is 12.0. The number of rotatable bonds is 7. The number of halogens is 1. The summed E-state index contributed by atoms with van der Waals surface area (Å²) < 4.78 is 7.14. The van der Waals surface area contributed by atoms with Crippen LogP contribution in [0.25, 0.3) is 5.69 Å². The molecule has 124 valence electrons. The highest BCUT2D eigenvalue weighted by Gasteiger charge is 2.17. The molecule has 0 N–H and O–H groups in total. The lowest BCUT2D eigenvalue weighted by Gasteiger charge is -2.09. The van der Waals surface area contributed by atoms with E-state index in [9.17, 15) is 4.79 Å². The van der Waals surface area contributed by atoms with Crippen LogP contribution in [0.4, 0.5) is 0 Å². The van der Waals surface area contributed by atoms with Gasteiger partial charge in [-0.05, 0) is 24.5 Å².